The molecule has 2 aromatic rings. The topological polar surface area (TPSA) is 101 Å². The Kier molecular flexibility index (Phi) is 7.34. The highest BCUT2D eigenvalue weighted by atomic mass is 16.6. The highest BCUT2D eigenvalue weighted by Crippen LogP contribution is 2.34. The molecule has 1 aromatic carbocycles. The van der Waals surface area contributed by atoms with Crippen LogP contribution < -0.4 is 15.0 Å². The number of pyridine rings is 1. The number of non-ortho nitro benzene ring substituents is 1. The van der Waals surface area contributed by atoms with Crippen molar-refractivity contribution in [3.8, 4) is 11.5 Å². The van der Waals surface area contributed by atoms with Crippen molar-refractivity contribution in [3.05, 3.63) is 38.7 Å². The van der Waals surface area contributed by atoms with Gasteiger partial charge in [-0.1, -0.05) is 39.0 Å². The van der Waals surface area contributed by atoms with E-state index >= 15 is 0 Å². The quantitative estimate of drug-likeness (QED) is 0.256. The highest BCUT2D eigenvalue weighted by molar-refractivity contribution is 5.89. The second-order valence-corrected chi connectivity index (χ2v) is 6.26. The van der Waals surface area contributed by atoms with E-state index in [9.17, 15) is 19.7 Å². The van der Waals surface area contributed by atoms with Crippen molar-refractivity contribution in [1.82, 2.24) is 4.57 Å². The van der Waals surface area contributed by atoms with Gasteiger partial charge in [0, 0.05) is 24.1 Å². The Bertz CT molecular complexity index is 875. The minimum atomic E-state index is -0.541. The summed E-state index contributed by atoms with van der Waals surface area (Å²) in [6, 6.07) is 4.18. The van der Waals surface area contributed by atoms with Crippen LogP contribution in [0.4, 0.5) is 5.69 Å². The number of aryl methyl sites for hydroxylation is 1. The highest BCUT2D eigenvalue weighted by Gasteiger charge is 2.21. The van der Waals surface area contributed by atoms with Crippen LogP contribution in [0.3, 0.4) is 0 Å². The van der Waals surface area contributed by atoms with Crippen molar-refractivity contribution < 1.29 is 19.2 Å². The Morgan fingerprint density at radius 3 is 2.48 bits per heavy atom. The van der Waals surface area contributed by atoms with Crippen LogP contribution in [0.2, 0.25) is 0 Å². The molecule has 0 fully saturated rings. The zero-order valence-electron chi connectivity index (χ0n) is 15.6. The molecule has 0 bridgehead atoms. The van der Waals surface area contributed by atoms with E-state index in [1.165, 1.54) is 36.3 Å². The number of aromatic nitrogens is 1. The summed E-state index contributed by atoms with van der Waals surface area (Å²) in [6.07, 6.45) is 6.22. The van der Waals surface area contributed by atoms with Gasteiger partial charge in [-0.05, 0) is 12.5 Å². The van der Waals surface area contributed by atoms with Crippen LogP contribution in [0.1, 0.15) is 45.4 Å². The van der Waals surface area contributed by atoms with Crippen molar-refractivity contribution >= 4 is 23.1 Å². The number of rotatable bonds is 11. The van der Waals surface area contributed by atoms with E-state index in [0.717, 1.165) is 32.1 Å². The molecule has 8 nitrogen and oxygen atoms in total. The first-order valence-electron chi connectivity index (χ1n) is 9.04. The van der Waals surface area contributed by atoms with Crippen molar-refractivity contribution in [2.24, 2.45) is 0 Å². The number of nitro groups is 1. The summed E-state index contributed by atoms with van der Waals surface area (Å²) in [7, 11) is 1.35. The molecule has 1 aromatic heterocycles. The predicted molar refractivity (Wildman–Crippen MR) is 101 cm³/mol. The second-order valence-electron chi connectivity index (χ2n) is 6.26. The maximum Gasteiger partial charge on any atom is 0.298 e. The van der Waals surface area contributed by atoms with Crippen LogP contribution >= 0.6 is 0 Å². The van der Waals surface area contributed by atoms with E-state index in [-0.39, 0.29) is 23.7 Å². The number of nitrogens with zero attached hydrogens (tertiary/aromatic N) is 2. The standard InChI is InChI=1S/C19H24N2O6/c1-3-4-5-6-7-8-11-20-16-12-14(21(24)25)9-10-15(16)17(26-2)18(19(20)23)27-13-22/h9-10,12-13H,3-8,11H2,1-2H3. The largest absolute Gasteiger partial charge is 0.492 e. The number of nitro benzene ring substituents is 1. The van der Waals surface area contributed by atoms with Gasteiger partial charge in [0.1, 0.15) is 0 Å². The molecule has 1 heterocycles. The molecule has 0 aliphatic carbocycles. The van der Waals surface area contributed by atoms with Gasteiger partial charge in [0.15, 0.2) is 5.75 Å². The smallest absolute Gasteiger partial charge is 0.298 e. The summed E-state index contributed by atoms with van der Waals surface area (Å²) in [6.45, 7) is 2.69. The van der Waals surface area contributed by atoms with Crippen molar-refractivity contribution in [3.63, 3.8) is 0 Å². The normalized spacial score (nSPS) is 10.7. The Hall–Kier alpha value is -2.90. The lowest BCUT2D eigenvalue weighted by molar-refractivity contribution is -0.384. The van der Waals surface area contributed by atoms with Gasteiger partial charge >= 0.3 is 0 Å². The van der Waals surface area contributed by atoms with Crippen LogP contribution in [-0.2, 0) is 11.3 Å². The summed E-state index contributed by atoms with van der Waals surface area (Å²) in [5, 5.41) is 11.6. The fourth-order valence-corrected chi connectivity index (χ4v) is 3.13. The number of carbonyl (C=O) groups excluding carboxylic acids is 1. The predicted octanol–water partition coefficient (Wildman–Crippen LogP) is 3.81. The minimum Gasteiger partial charge on any atom is -0.492 e. The Morgan fingerprint density at radius 1 is 1.15 bits per heavy atom. The zero-order valence-corrected chi connectivity index (χ0v) is 15.6. The van der Waals surface area contributed by atoms with Gasteiger partial charge in [0.05, 0.1) is 17.5 Å². The van der Waals surface area contributed by atoms with Crippen molar-refractivity contribution in [2.75, 3.05) is 7.11 Å². The van der Waals surface area contributed by atoms with Gasteiger partial charge < -0.3 is 14.0 Å². The van der Waals surface area contributed by atoms with Crippen LogP contribution in [-0.4, -0.2) is 23.1 Å². The first-order valence-corrected chi connectivity index (χ1v) is 9.04. The molecular weight excluding hydrogens is 352 g/mol. The van der Waals surface area contributed by atoms with E-state index in [1.807, 2.05) is 0 Å². The molecule has 0 saturated heterocycles. The van der Waals surface area contributed by atoms with E-state index in [2.05, 4.69) is 6.92 Å². The van der Waals surface area contributed by atoms with E-state index in [0.29, 0.717) is 17.4 Å². The molecule has 0 spiro atoms. The Labute approximate surface area is 156 Å². The maximum absolute atomic E-state index is 12.8. The summed E-state index contributed by atoms with van der Waals surface area (Å²) >= 11 is 0. The van der Waals surface area contributed by atoms with Crippen molar-refractivity contribution in [1.29, 1.82) is 0 Å². The third kappa shape index (κ3) is 4.64. The van der Waals surface area contributed by atoms with E-state index in [1.54, 1.807) is 0 Å². The molecule has 0 N–H and O–H groups in total. The number of carbonyl (C=O) groups is 1. The van der Waals surface area contributed by atoms with Crippen LogP contribution in [0.25, 0.3) is 10.9 Å². The second kappa shape index (κ2) is 9.70. The molecule has 2 rings (SSSR count). The lowest BCUT2D eigenvalue weighted by Gasteiger charge is -2.15. The molecule has 146 valence electrons. The average Bonchev–Trinajstić information content (AvgIpc) is 2.66. The number of unbranched alkanes of at least 4 members (excludes halogenated alkanes) is 5. The van der Waals surface area contributed by atoms with Gasteiger partial charge in [-0.3, -0.25) is 19.7 Å². The summed E-state index contributed by atoms with van der Waals surface area (Å²) in [5.74, 6) is -0.115. The van der Waals surface area contributed by atoms with Gasteiger partial charge in [-0.2, -0.15) is 0 Å². The maximum atomic E-state index is 12.8. The number of benzene rings is 1. The summed E-state index contributed by atoms with van der Waals surface area (Å²) < 4.78 is 11.5. The third-order valence-electron chi connectivity index (χ3n) is 4.48. The van der Waals surface area contributed by atoms with E-state index in [4.69, 9.17) is 9.47 Å². The molecule has 0 unspecified atom stereocenters. The molecule has 0 saturated carbocycles. The average molecular weight is 376 g/mol. The molecule has 0 atom stereocenters. The molecule has 0 aliphatic rings. The number of hydrogen-bond acceptors (Lipinski definition) is 6. The molecule has 8 heteroatoms. The molecular formula is C19H24N2O6. The molecule has 0 radical (unpaired) electrons. The first kappa shape index (κ1) is 20.4. The lowest BCUT2D eigenvalue weighted by atomic mass is 10.1. The van der Waals surface area contributed by atoms with Gasteiger partial charge in [-0.15, -0.1) is 0 Å². The molecule has 27 heavy (non-hydrogen) atoms. The third-order valence-corrected chi connectivity index (χ3v) is 4.48. The molecule has 0 aliphatic heterocycles. The number of hydrogen-bond donors (Lipinski definition) is 0. The van der Waals surface area contributed by atoms with Gasteiger partial charge in [0.25, 0.3) is 17.7 Å². The van der Waals surface area contributed by atoms with E-state index < -0.39 is 10.5 Å². The number of fused-ring (bicyclic) bond motifs is 1. The molecule has 0 amide bonds. The SMILES string of the molecule is CCCCCCCCn1c(=O)c(OC=O)c(OC)c2ccc([N+](=O)[O-])cc21. The monoisotopic (exact) mass is 376 g/mol. The van der Waals surface area contributed by atoms with Crippen LogP contribution in [0, 0.1) is 10.1 Å². The first-order chi connectivity index (χ1) is 13.0. The van der Waals surface area contributed by atoms with Crippen LogP contribution in [0.15, 0.2) is 23.0 Å². The lowest BCUT2D eigenvalue weighted by Crippen LogP contribution is -2.23. The fourth-order valence-electron chi connectivity index (χ4n) is 3.13. The van der Waals surface area contributed by atoms with Crippen LogP contribution in [0.5, 0.6) is 11.5 Å². The van der Waals surface area contributed by atoms with Gasteiger partial charge in [-0.25, -0.2) is 0 Å². The minimum absolute atomic E-state index is 0.0937. The summed E-state index contributed by atoms with van der Waals surface area (Å²) in [4.78, 5) is 34.3. The zero-order chi connectivity index (χ0) is 19.8. The summed E-state index contributed by atoms with van der Waals surface area (Å²) in [5.41, 5.74) is -0.275. The Morgan fingerprint density at radius 2 is 1.85 bits per heavy atom. The Balaban J connectivity index is 2.48. The fraction of sp³-hybridized carbons (Fsp3) is 0.474. The number of ether oxygens (including phenoxy) is 2. The van der Waals surface area contributed by atoms with Gasteiger partial charge in [0.2, 0.25) is 5.75 Å². The van der Waals surface area contributed by atoms with Crippen molar-refractivity contribution in [2.45, 2.75) is 52.0 Å². The number of methoxy groups -OCH3 is 1.